The minimum absolute atomic E-state index is 0.423. The van der Waals surface area contributed by atoms with Gasteiger partial charge in [0.15, 0.2) is 0 Å². The fraction of sp³-hybridized carbons (Fsp3) is 0.200. The molecule has 19 heavy (non-hydrogen) atoms. The molecule has 0 unspecified atom stereocenters. The van der Waals surface area contributed by atoms with Crippen molar-refractivity contribution in [1.82, 2.24) is 0 Å². The van der Waals surface area contributed by atoms with Crippen LogP contribution in [0.2, 0.25) is 5.02 Å². The lowest BCUT2D eigenvalue weighted by Gasteiger charge is -2.12. The number of anilines is 1. The minimum Gasteiger partial charge on any atom is -0.496 e. The lowest BCUT2D eigenvalue weighted by atomic mass is 10.2. The van der Waals surface area contributed by atoms with Gasteiger partial charge in [-0.1, -0.05) is 11.6 Å². The fourth-order valence-corrected chi connectivity index (χ4v) is 2.04. The third kappa shape index (κ3) is 3.32. The zero-order valence-electron chi connectivity index (χ0n) is 10.9. The van der Waals surface area contributed by atoms with Gasteiger partial charge in [-0.3, -0.25) is 0 Å². The van der Waals surface area contributed by atoms with Crippen molar-refractivity contribution in [3.63, 3.8) is 0 Å². The maximum atomic E-state index is 5.91. The average Bonchev–Trinajstić information content (AvgIpc) is 2.39. The highest BCUT2D eigenvalue weighted by atomic mass is 35.5. The summed E-state index contributed by atoms with van der Waals surface area (Å²) < 4.78 is 11.1. The van der Waals surface area contributed by atoms with Crippen LogP contribution in [-0.2, 0) is 6.61 Å². The van der Waals surface area contributed by atoms with E-state index in [1.54, 1.807) is 13.2 Å². The van der Waals surface area contributed by atoms with Crippen molar-refractivity contribution in [3.05, 3.63) is 52.5 Å². The molecule has 0 spiro atoms. The van der Waals surface area contributed by atoms with E-state index in [-0.39, 0.29) is 0 Å². The van der Waals surface area contributed by atoms with Crippen LogP contribution in [0.4, 0.5) is 5.69 Å². The molecule has 0 heterocycles. The Labute approximate surface area is 117 Å². The summed E-state index contributed by atoms with van der Waals surface area (Å²) in [5.74, 6) is 1.54. The predicted molar refractivity (Wildman–Crippen MR) is 77.9 cm³/mol. The van der Waals surface area contributed by atoms with Gasteiger partial charge in [-0.25, -0.2) is 0 Å². The second-order valence-electron chi connectivity index (χ2n) is 4.27. The second kappa shape index (κ2) is 5.85. The van der Waals surface area contributed by atoms with Crippen LogP contribution >= 0.6 is 11.6 Å². The van der Waals surface area contributed by atoms with Gasteiger partial charge >= 0.3 is 0 Å². The summed E-state index contributed by atoms with van der Waals surface area (Å²) in [6.07, 6.45) is 0. The number of hydrogen-bond donors (Lipinski definition) is 1. The molecule has 0 fully saturated rings. The topological polar surface area (TPSA) is 44.5 Å². The Bertz CT molecular complexity index is 584. The van der Waals surface area contributed by atoms with E-state index in [2.05, 4.69) is 0 Å². The Hall–Kier alpha value is -1.87. The van der Waals surface area contributed by atoms with Gasteiger partial charge in [0.25, 0.3) is 0 Å². The molecule has 0 amide bonds. The molecule has 2 rings (SSSR count). The predicted octanol–water partition coefficient (Wildman–Crippen LogP) is 3.82. The van der Waals surface area contributed by atoms with E-state index in [0.29, 0.717) is 17.3 Å². The summed E-state index contributed by atoms with van der Waals surface area (Å²) >= 11 is 5.91. The second-order valence-corrected chi connectivity index (χ2v) is 4.71. The molecule has 0 bridgehead atoms. The normalized spacial score (nSPS) is 10.3. The van der Waals surface area contributed by atoms with E-state index in [1.807, 2.05) is 37.3 Å². The zero-order chi connectivity index (χ0) is 13.8. The highest BCUT2D eigenvalue weighted by Crippen LogP contribution is 2.26. The average molecular weight is 278 g/mol. The van der Waals surface area contributed by atoms with Gasteiger partial charge in [-0.15, -0.1) is 0 Å². The number of nitrogen functional groups attached to an aromatic ring is 1. The Morgan fingerprint density at radius 1 is 1.11 bits per heavy atom. The van der Waals surface area contributed by atoms with Crippen LogP contribution in [0.3, 0.4) is 0 Å². The molecule has 0 aliphatic rings. The molecule has 100 valence electrons. The van der Waals surface area contributed by atoms with Crippen molar-refractivity contribution in [2.75, 3.05) is 12.8 Å². The van der Waals surface area contributed by atoms with Gasteiger partial charge in [-0.2, -0.15) is 0 Å². The first-order valence-electron chi connectivity index (χ1n) is 5.91. The maximum Gasteiger partial charge on any atom is 0.127 e. The maximum absolute atomic E-state index is 5.91. The van der Waals surface area contributed by atoms with Crippen molar-refractivity contribution in [2.24, 2.45) is 0 Å². The van der Waals surface area contributed by atoms with Crippen LogP contribution in [0.1, 0.15) is 11.1 Å². The molecule has 3 nitrogen and oxygen atoms in total. The molecule has 4 heteroatoms. The summed E-state index contributed by atoms with van der Waals surface area (Å²) in [5.41, 5.74) is 8.34. The van der Waals surface area contributed by atoms with Gasteiger partial charge in [0.05, 0.1) is 7.11 Å². The summed E-state index contributed by atoms with van der Waals surface area (Å²) in [4.78, 5) is 0. The summed E-state index contributed by atoms with van der Waals surface area (Å²) in [6, 6.07) is 11.1. The molecule has 0 aliphatic heterocycles. The van der Waals surface area contributed by atoms with Crippen molar-refractivity contribution < 1.29 is 9.47 Å². The molecular formula is C15H16ClNO2. The van der Waals surface area contributed by atoms with Crippen LogP contribution in [0, 0.1) is 6.92 Å². The van der Waals surface area contributed by atoms with Crippen molar-refractivity contribution in [3.8, 4) is 11.5 Å². The standard InChI is InChI=1S/C15H16ClNO2/c1-10-7-12(16)4-6-14(10)19-9-11-3-5-13(17)8-15(11)18-2/h3-8H,9,17H2,1-2H3. The van der Waals surface area contributed by atoms with Crippen LogP contribution < -0.4 is 15.2 Å². The van der Waals surface area contributed by atoms with Crippen LogP contribution in [-0.4, -0.2) is 7.11 Å². The Balaban J connectivity index is 2.14. The third-order valence-electron chi connectivity index (χ3n) is 2.83. The highest BCUT2D eigenvalue weighted by Gasteiger charge is 2.06. The Morgan fingerprint density at radius 3 is 2.58 bits per heavy atom. The molecule has 0 saturated carbocycles. The molecule has 0 radical (unpaired) electrons. The first-order chi connectivity index (χ1) is 9.10. The summed E-state index contributed by atoms with van der Waals surface area (Å²) in [6.45, 7) is 2.38. The first-order valence-corrected chi connectivity index (χ1v) is 6.29. The molecule has 2 aromatic rings. The lowest BCUT2D eigenvalue weighted by molar-refractivity contribution is 0.295. The van der Waals surface area contributed by atoms with Gasteiger partial charge in [0.1, 0.15) is 18.1 Å². The number of nitrogens with two attached hydrogens (primary N) is 1. The van der Waals surface area contributed by atoms with Crippen LogP contribution in [0.15, 0.2) is 36.4 Å². The Kier molecular flexibility index (Phi) is 4.17. The molecule has 0 saturated heterocycles. The van der Waals surface area contributed by atoms with Crippen molar-refractivity contribution in [1.29, 1.82) is 0 Å². The van der Waals surface area contributed by atoms with E-state index < -0.39 is 0 Å². The number of methoxy groups -OCH3 is 1. The number of aryl methyl sites for hydroxylation is 1. The van der Waals surface area contributed by atoms with E-state index in [9.17, 15) is 0 Å². The minimum atomic E-state index is 0.423. The van der Waals surface area contributed by atoms with E-state index >= 15 is 0 Å². The number of halogens is 1. The molecule has 0 aromatic heterocycles. The van der Waals surface area contributed by atoms with Crippen molar-refractivity contribution in [2.45, 2.75) is 13.5 Å². The number of ether oxygens (including phenoxy) is 2. The van der Waals surface area contributed by atoms with Crippen LogP contribution in [0.5, 0.6) is 11.5 Å². The summed E-state index contributed by atoms with van der Waals surface area (Å²) in [7, 11) is 1.62. The van der Waals surface area contributed by atoms with E-state index in [0.717, 1.165) is 22.6 Å². The number of hydrogen-bond acceptors (Lipinski definition) is 3. The number of rotatable bonds is 4. The SMILES string of the molecule is COc1cc(N)ccc1COc1ccc(Cl)cc1C. The molecule has 0 atom stereocenters. The summed E-state index contributed by atoms with van der Waals surface area (Å²) in [5, 5.41) is 0.704. The fourth-order valence-electron chi connectivity index (χ4n) is 1.81. The largest absolute Gasteiger partial charge is 0.496 e. The zero-order valence-corrected chi connectivity index (χ0v) is 11.7. The first kappa shape index (κ1) is 13.6. The third-order valence-corrected chi connectivity index (χ3v) is 3.07. The molecule has 0 aliphatic carbocycles. The quantitative estimate of drug-likeness (QED) is 0.864. The van der Waals surface area contributed by atoms with Gasteiger partial charge in [-0.05, 0) is 42.8 Å². The van der Waals surface area contributed by atoms with Gasteiger partial charge in [0.2, 0.25) is 0 Å². The Morgan fingerprint density at radius 2 is 1.89 bits per heavy atom. The van der Waals surface area contributed by atoms with E-state index in [4.69, 9.17) is 26.8 Å². The van der Waals surface area contributed by atoms with Crippen LogP contribution in [0.25, 0.3) is 0 Å². The van der Waals surface area contributed by atoms with Crippen molar-refractivity contribution >= 4 is 17.3 Å². The van der Waals surface area contributed by atoms with E-state index in [1.165, 1.54) is 0 Å². The van der Waals surface area contributed by atoms with Gasteiger partial charge in [0, 0.05) is 22.3 Å². The molecule has 2 aromatic carbocycles. The van der Waals surface area contributed by atoms with Gasteiger partial charge < -0.3 is 15.2 Å². The molecular weight excluding hydrogens is 262 g/mol. The number of benzene rings is 2. The highest BCUT2D eigenvalue weighted by molar-refractivity contribution is 6.30. The lowest BCUT2D eigenvalue weighted by Crippen LogP contribution is -2.00. The smallest absolute Gasteiger partial charge is 0.127 e. The monoisotopic (exact) mass is 277 g/mol. The molecule has 2 N–H and O–H groups in total.